The molecule has 1 saturated heterocycles. The number of fused-ring (bicyclic) bond motifs is 1. The number of nitrogens with zero attached hydrogens (tertiary/aromatic N) is 3. The largest absolute Gasteiger partial charge is 0.356 e. The van der Waals surface area contributed by atoms with Gasteiger partial charge in [-0.05, 0) is 50.7 Å². The number of benzene rings is 1. The molecule has 2 aliphatic rings. The van der Waals surface area contributed by atoms with Gasteiger partial charge in [0.2, 0.25) is 11.9 Å². The van der Waals surface area contributed by atoms with Crippen molar-refractivity contribution in [1.82, 2.24) is 14.9 Å². The highest BCUT2D eigenvalue weighted by atomic mass is 35.5. The molecule has 2 fully saturated rings. The summed E-state index contributed by atoms with van der Waals surface area (Å²) in [6.45, 7) is 4.63. The van der Waals surface area contributed by atoms with Crippen LogP contribution in [0.3, 0.4) is 0 Å². The average Bonchev–Trinajstić information content (AvgIpc) is 2.99. The minimum absolute atomic E-state index is 0.110. The molecule has 1 aliphatic heterocycles. The van der Waals surface area contributed by atoms with Crippen molar-refractivity contribution in [1.29, 1.82) is 0 Å². The van der Waals surface area contributed by atoms with Crippen molar-refractivity contribution in [3.63, 3.8) is 0 Å². The Balaban J connectivity index is 1.52. The lowest BCUT2D eigenvalue weighted by molar-refractivity contribution is -0.125. The van der Waals surface area contributed by atoms with E-state index in [0.717, 1.165) is 62.3 Å². The molecule has 2 heterocycles. The predicted molar refractivity (Wildman–Crippen MR) is 115 cm³/mol. The second-order valence-corrected chi connectivity index (χ2v) is 8.84. The summed E-state index contributed by atoms with van der Waals surface area (Å²) in [5.41, 5.74) is 1.96. The van der Waals surface area contributed by atoms with Gasteiger partial charge < -0.3 is 14.8 Å². The fourth-order valence-electron chi connectivity index (χ4n) is 4.18. The highest BCUT2D eigenvalue weighted by Crippen LogP contribution is 2.40. The third kappa shape index (κ3) is 3.84. The molecule has 2 aromatic rings. The van der Waals surface area contributed by atoms with Gasteiger partial charge in [-0.1, -0.05) is 36.5 Å². The molecule has 1 saturated carbocycles. The zero-order chi connectivity index (χ0) is 19.7. The first-order valence-electron chi connectivity index (χ1n) is 10.5. The van der Waals surface area contributed by atoms with Gasteiger partial charge in [0.05, 0.1) is 21.1 Å². The summed E-state index contributed by atoms with van der Waals surface area (Å²) in [6.07, 6.45) is 7.49. The number of amides is 1. The van der Waals surface area contributed by atoms with Crippen LogP contribution in [0.25, 0.3) is 11.0 Å². The van der Waals surface area contributed by atoms with Gasteiger partial charge in [-0.2, -0.15) is 0 Å². The smallest absolute Gasteiger partial charge is 0.223 e. The van der Waals surface area contributed by atoms with Gasteiger partial charge in [-0.3, -0.25) is 4.79 Å². The van der Waals surface area contributed by atoms with Crippen LogP contribution in [0.2, 0.25) is 10.0 Å². The van der Waals surface area contributed by atoms with Gasteiger partial charge in [0.25, 0.3) is 0 Å². The molecule has 1 aliphatic carbocycles. The van der Waals surface area contributed by atoms with Crippen molar-refractivity contribution in [3.8, 4) is 0 Å². The van der Waals surface area contributed by atoms with Crippen molar-refractivity contribution in [2.24, 2.45) is 5.92 Å². The number of aromatic nitrogens is 2. The number of imidazole rings is 1. The van der Waals surface area contributed by atoms with Crippen LogP contribution in [0.5, 0.6) is 0 Å². The number of unbranched alkanes of at least 4 members (excludes halogenated alkanes) is 1. The lowest BCUT2D eigenvalue weighted by atomic mass is 9.92. The third-order valence-corrected chi connectivity index (χ3v) is 6.85. The molecule has 5 nitrogen and oxygen atoms in total. The number of carbonyl (C=O) groups excluding carboxylic acids is 1. The molecule has 0 spiro atoms. The first kappa shape index (κ1) is 19.8. The maximum atomic E-state index is 12.4. The standard InChI is InChI=1S/C21H28Cl2N4O/c1-2-3-9-24-20(28)14-7-10-26(11-8-14)21-25-18-12-16(22)17(23)13-19(18)27(21)15-5-4-6-15/h12-15H,2-11H2,1H3,(H,24,28). The maximum absolute atomic E-state index is 12.4. The van der Waals surface area contributed by atoms with Crippen molar-refractivity contribution in [2.45, 2.75) is 57.9 Å². The topological polar surface area (TPSA) is 50.2 Å². The average molecular weight is 423 g/mol. The van der Waals surface area contributed by atoms with E-state index >= 15 is 0 Å². The van der Waals surface area contributed by atoms with Crippen LogP contribution < -0.4 is 10.2 Å². The van der Waals surface area contributed by atoms with Crippen LogP contribution in [0.1, 0.15) is 57.9 Å². The monoisotopic (exact) mass is 422 g/mol. The molecular weight excluding hydrogens is 395 g/mol. The number of hydrogen-bond acceptors (Lipinski definition) is 3. The number of halogens is 2. The Hall–Kier alpha value is -1.46. The Labute approximate surface area is 176 Å². The van der Waals surface area contributed by atoms with E-state index in [-0.39, 0.29) is 11.8 Å². The van der Waals surface area contributed by atoms with E-state index in [9.17, 15) is 4.79 Å². The Morgan fingerprint density at radius 1 is 1.18 bits per heavy atom. The van der Waals surface area contributed by atoms with Crippen LogP contribution in [-0.4, -0.2) is 35.1 Å². The predicted octanol–water partition coefficient (Wildman–Crippen LogP) is 5.20. The SMILES string of the molecule is CCCCNC(=O)C1CCN(c2nc3cc(Cl)c(Cl)cc3n2C2CCC2)CC1. The van der Waals surface area contributed by atoms with E-state index in [1.54, 1.807) is 0 Å². The molecule has 28 heavy (non-hydrogen) atoms. The number of rotatable bonds is 6. The molecule has 1 N–H and O–H groups in total. The van der Waals surface area contributed by atoms with E-state index in [2.05, 4.69) is 21.7 Å². The Kier molecular flexibility index (Phi) is 6.02. The van der Waals surface area contributed by atoms with Gasteiger partial charge in [0, 0.05) is 31.6 Å². The number of anilines is 1. The second-order valence-electron chi connectivity index (χ2n) is 8.03. The van der Waals surface area contributed by atoms with Crippen LogP contribution in [0.15, 0.2) is 12.1 Å². The number of hydrogen-bond donors (Lipinski definition) is 1. The summed E-state index contributed by atoms with van der Waals surface area (Å²) in [5.74, 6) is 1.32. The molecule has 4 rings (SSSR count). The van der Waals surface area contributed by atoms with Gasteiger partial charge in [-0.25, -0.2) is 4.98 Å². The quantitative estimate of drug-likeness (QED) is 0.650. The number of piperidine rings is 1. The molecule has 0 bridgehead atoms. The van der Waals surface area contributed by atoms with E-state index in [4.69, 9.17) is 28.2 Å². The van der Waals surface area contributed by atoms with Crippen molar-refractivity contribution < 1.29 is 4.79 Å². The number of nitrogens with one attached hydrogen (secondary N) is 1. The summed E-state index contributed by atoms with van der Waals surface area (Å²) in [6, 6.07) is 4.29. The highest BCUT2D eigenvalue weighted by Gasteiger charge is 2.31. The summed E-state index contributed by atoms with van der Waals surface area (Å²) < 4.78 is 2.35. The highest BCUT2D eigenvalue weighted by molar-refractivity contribution is 6.42. The van der Waals surface area contributed by atoms with Gasteiger partial charge in [0.1, 0.15) is 0 Å². The van der Waals surface area contributed by atoms with Crippen LogP contribution in [0.4, 0.5) is 5.95 Å². The number of carbonyl (C=O) groups is 1. The van der Waals surface area contributed by atoms with Crippen LogP contribution >= 0.6 is 23.2 Å². The van der Waals surface area contributed by atoms with Gasteiger partial charge >= 0.3 is 0 Å². The van der Waals surface area contributed by atoms with Crippen molar-refractivity contribution >= 4 is 46.1 Å². The third-order valence-electron chi connectivity index (χ3n) is 6.13. The normalized spacial score (nSPS) is 18.5. The molecule has 1 aromatic carbocycles. The zero-order valence-electron chi connectivity index (χ0n) is 16.4. The van der Waals surface area contributed by atoms with Gasteiger partial charge in [-0.15, -0.1) is 0 Å². The first-order chi connectivity index (χ1) is 13.6. The van der Waals surface area contributed by atoms with Gasteiger partial charge in [0.15, 0.2) is 0 Å². The molecule has 0 unspecified atom stereocenters. The minimum Gasteiger partial charge on any atom is -0.356 e. The molecule has 0 radical (unpaired) electrons. The van der Waals surface area contributed by atoms with E-state index < -0.39 is 0 Å². The van der Waals surface area contributed by atoms with E-state index in [1.807, 2.05) is 12.1 Å². The maximum Gasteiger partial charge on any atom is 0.223 e. The molecular formula is C21H28Cl2N4O. The Morgan fingerprint density at radius 3 is 2.54 bits per heavy atom. The summed E-state index contributed by atoms with van der Waals surface area (Å²) in [5, 5.41) is 4.20. The fourth-order valence-corrected chi connectivity index (χ4v) is 4.50. The molecule has 1 amide bonds. The van der Waals surface area contributed by atoms with Crippen molar-refractivity contribution in [2.75, 3.05) is 24.5 Å². The van der Waals surface area contributed by atoms with Crippen LogP contribution in [-0.2, 0) is 4.79 Å². The molecule has 152 valence electrons. The first-order valence-corrected chi connectivity index (χ1v) is 11.2. The Morgan fingerprint density at radius 2 is 1.89 bits per heavy atom. The summed E-state index contributed by atoms with van der Waals surface area (Å²) in [4.78, 5) is 19.6. The molecule has 7 heteroatoms. The summed E-state index contributed by atoms with van der Waals surface area (Å²) in [7, 11) is 0. The fraction of sp³-hybridized carbons (Fsp3) is 0.619. The van der Waals surface area contributed by atoms with E-state index in [1.165, 1.54) is 19.3 Å². The van der Waals surface area contributed by atoms with E-state index in [0.29, 0.717) is 16.1 Å². The minimum atomic E-state index is 0.110. The van der Waals surface area contributed by atoms with Crippen molar-refractivity contribution in [3.05, 3.63) is 22.2 Å². The van der Waals surface area contributed by atoms with Crippen LogP contribution in [0, 0.1) is 5.92 Å². The summed E-state index contributed by atoms with van der Waals surface area (Å²) >= 11 is 12.5. The lowest BCUT2D eigenvalue weighted by Crippen LogP contribution is -2.42. The Bertz CT molecular complexity index is 854. The lowest BCUT2D eigenvalue weighted by Gasteiger charge is -2.36. The zero-order valence-corrected chi connectivity index (χ0v) is 17.9. The second kappa shape index (κ2) is 8.50. The molecule has 0 atom stereocenters. The molecule has 1 aromatic heterocycles.